The largest absolute Gasteiger partial charge is 0.491 e. The van der Waals surface area contributed by atoms with Crippen LogP contribution >= 0.6 is 0 Å². The Balaban J connectivity index is 0.861. The van der Waals surface area contributed by atoms with Gasteiger partial charge < -0.3 is 33.3 Å². The number of rotatable bonds is 3. The van der Waals surface area contributed by atoms with Crippen molar-refractivity contribution in [3.05, 3.63) is 158 Å². The molecule has 3 aromatic heterocycles. The standard InChI is InChI=1S/C53H50N4O6/c1-2-5-39(6-3-1)44-23-24-54-51(38-44)45-7-4-8-46(37-45)57-25-27-58-29-31-60-33-35-62-47-17-11-40(12-18-47)49-21-15-42-9-10-43-16-22-50(56-53(43)52(42)55-49)41-13-19-48(20-14-41)63-36-34-61-32-30-59-28-26-57/h1-24,37-38H,25-36H2. The smallest absolute Gasteiger partial charge is 0.119 e. The highest BCUT2D eigenvalue weighted by atomic mass is 16.5. The normalized spacial score (nSPS) is 15.1. The quantitative estimate of drug-likeness (QED) is 0.160. The molecule has 0 aliphatic carbocycles. The summed E-state index contributed by atoms with van der Waals surface area (Å²) >= 11 is 0. The lowest BCUT2D eigenvalue weighted by molar-refractivity contribution is 0.0347. The summed E-state index contributed by atoms with van der Waals surface area (Å²) in [5, 5.41) is 2.07. The first-order valence-electron chi connectivity index (χ1n) is 21.6. The van der Waals surface area contributed by atoms with Gasteiger partial charge in [-0.05, 0) is 96.1 Å². The molecule has 3 aliphatic heterocycles. The molecule has 0 saturated carbocycles. The van der Waals surface area contributed by atoms with Crippen molar-refractivity contribution < 1.29 is 28.4 Å². The van der Waals surface area contributed by atoms with E-state index in [-0.39, 0.29) is 0 Å². The van der Waals surface area contributed by atoms with E-state index in [9.17, 15) is 0 Å². The Morgan fingerprint density at radius 1 is 0.365 bits per heavy atom. The summed E-state index contributed by atoms with van der Waals surface area (Å²) < 4.78 is 35.8. The number of ether oxygens (including phenoxy) is 6. The van der Waals surface area contributed by atoms with Crippen molar-refractivity contribution in [3.63, 3.8) is 0 Å². The molecule has 0 amide bonds. The van der Waals surface area contributed by atoms with Crippen molar-refractivity contribution in [1.82, 2.24) is 15.0 Å². The van der Waals surface area contributed by atoms with Gasteiger partial charge in [-0.15, -0.1) is 0 Å². The second-order valence-corrected chi connectivity index (χ2v) is 15.1. The van der Waals surface area contributed by atoms with Crippen LogP contribution in [0.1, 0.15) is 0 Å². The van der Waals surface area contributed by atoms with Crippen LogP contribution in [0.25, 0.3) is 66.7 Å². The first-order valence-corrected chi connectivity index (χ1v) is 21.6. The van der Waals surface area contributed by atoms with Crippen molar-refractivity contribution >= 4 is 27.5 Å². The Kier molecular flexibility index (Phi) is 13.8. The van der Waals surface area contributed by atoms with E-state index in [0.717, 1.165) is 83.9 Å². The van der Waals surface area contributed by atoms with Crippen LogP contribution in [-0.2, 0) is 18.9 Å². The molecule has 0 saturated heterocycles. The number of hydrogen-bond donors (Lipinski definition) is 0. The molecule has 8 bridgehead atoms. The predicted molar refractivity (Wildman–Crippen MR) is 250 cm³/mol. The fourth-order valence-corrected chi connectivity index (χ4v) is 7.59. The number of anilines is 1. The second kappa shape index (κ2) is 20.9. The number of hydrogen-bond acceptors (Lipinski definition) is 10. The topological polar surface area (TPSA) is 97.3 Å². The predicted octanol–water partition coefficient (Wildman–Crippen LogP) is 10.2. The van der Waals surface area contributed by atoms with Crippen LogP contribution < -0.4 is 14.4 Å². The molecule has 0 spiro atoms. The lowest BCUT2D eigenvalue weighted by atomic mass is 10.0. The van der Waals surface area contributed by atoms with E-state index in [2.05, 4.69) is 95.9 Å². The van der Waals surface area contributed by atoms with Gasteiger partial charge in [-0.25, -0.2) is 9.97 Å². The van der Waals surface area contributed by atoms with E-state index in [1.807, 2.05) is 66.9 Å². The lowest BCUT2D eigenvalue weighted by Crippen LogP contribution is -2.31. The van der Waals surface area contributed by atoms with E-state index in [0.29, 0.717) is 79.2 Å². The van der Waals surface area contributed by atoms with Crippen molar-refractivity contribution in [2.24, 2.45) is 0 Å². The summed E-state index contributed by atoms with van der Waals surface area (Å²) in [6.45, 7) is 6.10. The monoisotopic (exact) mass is 838 g/mol. The van der Waals surface area contributed by atoms with Crippen LogP contribution in [-0.4, -0.2) is 94.1 Å². The summed E-state index contributed by atoms with van der Waals surface area (Å²) in [6.07, 6.45) is 1.87. The molecular weight excluding hydrogens is 789 g/mol. The third-order valence-corrected chi connectivity index (χ3v) is 10.9. The maximum atomic E-state index is 6.05. The minimum absolute atomic E-state index is 0.432. The van der Waals surface area contributed by atoms with E-state index in [1.165, 1.54) is 0 Å². The zero-order valence-electron chi connectivity index (χ0n) is 35.2. The average molecular weight is 839 g/mol. The van der Waals surface area contributed by atoms with E-state index >= 15 is 0 Å². The van der Waals surface area contributed by atoms with Crippen LogP contribution in [0.3, 0.4) is 0 Å². The van der Waals surface area contributed by atoms with E-state index < -0.39 is 0 Å². The zero-order chi connectivity index (χ0) is 42.5. The van der Waals surface area contributed by atoms with Crippen LogP contribution in [0.15, 0.2) is 158 Å². The molecule has 11 rings (SSSR count). The molecule has 318 valence electrons. The van der Waals surface area contributed by atoms with Crippen LogP contribution in [0.2, 0.25) is 0 Å². The number of fused-ring (bicyclic) bond motifs is 2. The number of aromatic nitrogens is 3. The minimum atomic E-state index is 0.432. The van der Waals surface area contributed by atoms with Crippen molar-refractivity contribution in [2.45, 2.75) is 0 Å². The molecule has 8 aromatic rings. The maximum absolute atomic E-state index is 6.05. The van der Waals surface area contributed by atoms with Crippen molar-refractivity contribution in [1.29, 1.82) is 0 Å². The van der Waals surface area contributed by atoms with E-state index in [1.54, 1.807) is 0 Å². The van der Waals surface area contributed by atoms with Gasteiger partial charge in [0, 0.05) is 52.4 Å². The highest BCUT2D eigenvalue weighted by molar-refractivity contribution is 6.04. The van der Waals surface area contributed by atoms with Crippen LogP contribution in [0.5, 0.6) is 11.5 Å². The van der Waals surface area contributed by atoms with E-state index in [4.69, 9.17) is 43.4 Å². The van der Waals surface area contributed by atoms with Gasteiger partial charge in [-0.2, -0.15) is 0 Å². The van der Waals surface area contributed by atoms with Crippen molar-refractivity contribution in [3.8, 4) is 56.4 Å². The fourth-order valence-electron chi connectivity index (χ4n) is 7.59. The molecule has 10 heteroatoms. The van der Waals surface area contributed by atoms with Gasteiger partial charge in [0.2, 0.25) is 0 Å². The van der Waals surface area contributed by atoms with Gasteiger partial charge in [0.25, 0.3) is 0 Å². The number of nitrogens with zero attached hydrogens (tertiary/aromatic N) is 4. The summed E-state index contributed by atoms with van der Waals surface area (Å²) in [5.74, 6) is 1.55. The molecule has 0 fully saturated rings. The third kappa shape index (κ3) is 10.9. The first kappa shape index (κ1) is 41.7. The van der Waals surface area contributed by atoms with Gasteiger partial charge in [0.05, 0.1) is 81.0 Å². The van der Waals surface area contributed by atoms with Crippen LogP contribution in [0, 0.1) is 0 Å². The highest BCUT2D eigenvalue weighted by Gasteiger charge is 2.12. The Bertz CT molecular complexity index is 2590. The van der Waals surface area contributed by atoms with Crippen molar-refractivity contribution in [2.75, 3.05) is 84.1 Å². The molecule has 0 atom stereocenters. The summed E-state index contributed by atoms with van der Waals surface area (Å²) in [7, 11) is 0. The maximum Gasteiger partial charge on any atom is 0.119 e. The molecule has 0 radical (unpaired) electrons. The molecule has 63 heavy (non-hydrogen) atoms. The molecule has 0 unspecified atom stereocenters. The number of benzene rings is 5. The molecule has 5 aromatic carbocycles. The molecule has 3 aliphatic rings. The highest BCUT2D eigenvalue weighted by Crippen LogP contribution is 2.31. The minimum Gasteiger partial charge on any atom is -0.491 e. The van der Waals surface area contributed by atoms with Gasteiger partial charge in [0.1, 0.15) is 24.7 Å². The van der Waals surface area contributed by atoms with Gasteiger partial charge >= 0.3 is 0 Å². The fraction of sp³-hybridized carbons (Fsp3) is 0.226. The zero-order valence-corrected chi connectivity index (χ0v) is 35.2. The van der Waals surface area contributed by atoms with Gasteiger partial charge in [-0.3, -0.25) is 4.98 Å². The Hall–Kier alpha value is -6.69. The third-order valence-electron chi connectivity index (χ3n) is 10.9. The molecule has 6 heterocycles. The molecule has 0 N–H and O–H groups in total. The molecule has 10 nitrogen and oxygen atoms in total. The average Bonchev–Trinajstić information content (AvgIpc) is 3.34. The summed E-state index contributed by atoms with van der Waals surface area (Å²) in [4.78, 5) is 17.2. The lowest BCUT2D eigenvalue weighted by Gasteiger charge is -2.25. The Morgan fingerprint density at radius 3 is 1.44 bits per heavy atom. The van der Waals surface area contributed by atoms with Gasteiger partial charge in [0.15, 0.2) is 0 Å². The molecular formula is C53H50N4O6. The first-order chi connectivity index (χ1) is 31.2. The van der Waals surface area contributed by atoms with Gasteiger partial charge in [-0.1, -0.05) is 66.7 Å². The number of pyridine rings is 3. The second-order valence-electron chi connectivity index (χ2n) is 15.1. The van der Waals surface area contributed by atoms with Crippen LogP contribution in [0.4, 0.5) is 5.69 Å². The Morgan fingerprint density at radius 2 is 0.873 bits per heavy atom. The Labute approximate surface area is 368 Å². The summed E-state index contributed by atoms with van der Waals surface area (Å²) in [5.41, 5.74) is 10.8. The SMILES string of the molecule is c1ccc(-c2ccnc(-c3cccc(N4CCOCCOCCOc5ccc(cc5)-c5ccc6ccc7ccc(nc7c6n5)-c5ccc(cc5)OCCOCCOCC4)c3)c2)cc1. The summed E-state index contributed by atoms with van der Waals surface area (Å²) in [6, 6.07) is 51.6.